The number of H-pyrrole nitrogens is 1. The number of hydrogen-bond acceptors (Lipinski definition) is 4. The van der Waals surface area contributed by atoms with Crippen LogP contribution in [0.15, 0.2) is 60.8 Å². The molecule has 1 atom stereocenters. The third-order valence-corrected chi connectivity index (χ3v) is 4.79. The van der Waals surface area contributed by atoms with Crippen LogP contribution in [-0.2, 0) is 32.1 Å². The zero-order valence-electron chi connectivity index (χ0n) is 17.1. The number of hydrogen-bond donors (Lipinski definition) is 2. The van der Waals surface area contributed by atoms with Gasteiger partial charge >= 0.3 is 5.97 Å². The summed E-state index contributed by atoms with van der Waals surface area (Å²) in [5.74, 6) is -1.30. The van der Waals surface area contributed by atoms with Crippen LogP contribution in [0, 0.1) is 0 Å². The van der Waals surface area contributed by atoms with E-state index in [2.05, 4.69) is 10.3 Å². The monoisotopic (exact) mass is 407 g/mol. The van der Waals surface area contributed by atoms with E-state index in [9.17, 15) is 14.4 Å². The molecule has 1 aromatic heterocycles. The second-order valence-corrected chi connectivity index (χ2v) is 7.16. The maximum Gasteiger partial charge on any atom is 0.329 e. The van der Waals surface area contributed by atoms with Crippen molar-refractivity contribution >= 4 is 28.7 Å². The lowest BCUT2D eigenvalue weighted by molar-refractivity contribution is -0.154. The summed E-state index contributed by atoms with van der Waals surface area (Å²) in [5.41, 5.74) is 2.81. The average molecular weight is 407 g/mol. The SMILES string of the molecule is CC(=O)N[C@@H](Cc1c[nH]c2ccccc12)C(=O)OCC(=O)N(C)Cc1ccccc1. The molecule has 1 heterocycles. The number of amides is 2. The number of benzene rings is 2. The van der Waals surface area contributed by atoms with Crippen molar-refractivity contribution in [2.45, 2.75) is 25.9 Å². The summed E-state index contributed by atoms with van der Waals surface area (Å²) in [4.78, 5) is 41.2. The van der Waals surface area contributed by atoms with E-state index in [-0.39, 0.29) is 24.8 Å². The first-order valence-corrected chi connectivity index (χ1v) is 9.70. The molecule has 2 amide bonds. The van der Waals surface area contributed by atoms with Crippen molar-refractivity contribution in [1.82, 2.24) is 15.2 Å². The lowest BCUT2D eigenvalue weighted by Gasteiger charge is -2.19. The van der Waals surface area contributed by atoms with Gasteiger partial charge in [-0.3, -0.25) is 9.59 Å². The van der Waals surface area contributed by atoms with Gasteiger partial charge in [0.25, 0.3) is 5.91 Å². The minimum Gasteiger partial charge on any atom is -0.454 e. The van der Waals surface area contributed by atoms with Gasteiger partial charge in [-0.15, -0.1) is 0 Å². The lowest BCUT2D eigenvalue weighted by Crippen LogP contribution is -2.43. The molecule has 0 fully saturated rings. The van der Waals surface area contributed by atoms with Gasteiger partial charge in [0.05, 0.1) is 0 Å². The van der Waals surface area contributed by atoms with Crippen LogP contribution in [0.4, 0.5) is 0 Å². The summed E-state index contributed by atoms with van der Waals surface area (Å²) < 4.78 is 5.23. The molecule has 7 nitrogen and oxygen atoms in total. The summed E-state index contributed by atoms with van der Waals surface area (Å²) in [6.45, 7) is 1.38. The van der Waals surface area contributed by atoms with E-state index in [0.29, 0.717) is 6.54 Å². The number of para-hydroxylation sites is 1. The van der Waals surface area contributed by atoms with Gasteiger partial charge in [0.15, 0.2) is 6.61 Å². The number of carbonyl (C=O) groups excluding carboxylic acids is 3. The van der Waals surface area contributed by atoms with Crippen molar-refractivity contribution < 1.29 is 19.1 Å². The number of fused-ring (bicyclic) bond motifs is 1. The third kappa shape index (κ3) is 5.47. The normalized spacial score (nSPS) is 11.7. The number of likely N-dealkylation sites (N-methyl/N-ethyl adjacent to an activating group) is 1. The van der Waals surface area contributed by atoms with Gasteiger partial charge in [-0.25, -0.2) is 4.79 Å². The van der Waals surface area contributed by atoms with Crippen LogP contribution in [0.25, 0.3) is 10.9 Å². The first kappa shape index (κ1) is 21.1. The second-order valence-electron chi connectivity index (χ2n) is 7.16. The molecule has 2 aromatic carbocycles. The predicted octanol–water partition coefficient (Wildman–Crippen LogP) is 2.42. The smallest absolute Gasteiger partial charge is 0.329 e. The minimum absolute atomic E-state index is 0.260. The molecule has 30 heavy (non-hydrogen) atoms. The highest BCUT2D eigenvalue weighted by Crippen LogP contribution is 2.19. The van der Waals surface area contributed by atoms with E-state index >= 15 is 0 Å². The van der Waals surface area contributed by atoms with Crippen molar-refractivity contribution in [3.63, 3.8) is 0 Å². The summed E-state index contributed by atoms with van der Waals surface area (Å²) in [7, 11) is 1.65. The molecule has 7 heteroatoms. The Balaban J connectivity index is 1.61. The first-order valence-electron chi connectivity index (χ1n) is 9.70. The first-order chi connectivity index (χ1) is 14.4. The van der Waals surface area contributed by atoms with E-state index < -0.39 is 12.0 Å². The van der Waals surface area contributed by atoms with Crippen molar-refractivity contribution in [1.29, 1.82) is 0 Å². The topological polar surface area (TPSA) is 91.5 Å². The Labute approximate surface area is 175 Å². The van der Waals surface area contributed by atoms with E-state index in [1.165, 1.54) is 11.8 Å². The van der Waals surface area contributed by atoms with Gasteiger partial charge in [0.2, 0.25) is 5.91 Å². The minimum atomic E-state index is -0.881. The number of rotatable bonds is 8. The van der Waals surface area contributed by atoms with Gasteiger partial charge in [0.1, 0.15) is 6.04 Å². The fourth-order valence-electron chi connectivity index (χ4n) is 3.25. The number of ether oxygens (including phenoxy) is 1. The molecule has 0 saturated carbocycles. The van der Waals surface area contributed by atoms with Crippen molar-refractivity contribution in [3.8, 4) is 0 Å². The van der Waals surface area contributed by atoms with E-state index in [0.717, 1.165) is 22.0 Å². The highest BCUT2D eigenvalue weighted by molar-refractivity contribution is 5.88. The molecule has 0 aliphatic rings. The number of aromatic nitrogens is 1. The average Bonchev–Trinajstić information content (AvgIpc) is 3.14. The van der Waals surface area contributed by atoms with E-state index in [4.69, 9.17) is 4.74 Å². The molecule has 0 unspecified atom stereocenters. The number of esters is 1. The Bertz CT molecular complexity index is 1030. The maximum absolute atomic E-state index is 12.6. The van der Waals surface area contributed by atoms with Gasteiger partial charge in [-0.1, -0.05) is 48.5 Å². The van der Waals surface area contributed by atoms with Gasteiger partial charge in [-0.05, 0) is 17.2 Å². The van der Waals surface area contributed by atoms with Gasteiger partial charge < -0.3 is 19.9 Å². The van der Waals surface area contributed by atoms with Crippen LogP contribution in [0.3, 0.4) is 0 Å². The lowest BCUT2D eigenvalue weighted by atomic mass is 10.0. The summed E-state index contributed by atoms with van der Waals surface area (Å²) in [6, 6.07) is 16.4. The van der Waals surface area contributed by atoms with Crippen LogP contribution in [0.1, 0.15) is 18.1 Å². The largest absolute Gasteiger partial charge is 0.454 e. The van der Waals surface area contributed by atoms with Crippen LogP contribution >= 0.6 is 0 Å². The molecular weight excluding hydrogens is 382 g/mol. The Morgan fingerprint density at radius 2 is 1.77 bits per heavy atom. The van der Waals surface area contributed by atoms with Gasteiger partial charge in [-0.2, -0.15) is 0 Å². The highest BCUT2D eigenvalue weighted by atomic mass is 16.5. The summed E-state index contributed by atoms with van der Waals surface area (Å²) in [6.07, 6.45) is 2.07. The zero-order valence-corrected chi connectivity index (χ0v) is 17.1. The number of nitrogens with one attached hydrogen (secondary N) is 2. The van der Waals surface area contributed by atoms with Crippen LogP contribution < -0.4 is 5.32 Å². The second kappa shape index (κ2) is 9.73. The molecule has 0 bridgehead atoms. The Morgan fingerprint density at radius 3 is 2.50 bits per heavy atom. The fraction of sp³-hybridized carbons (Fsp3) is 0.261. The molecular formula is C23H25N3O4. The number of aromatic amines is 1. The zero-order chi connectivity index (χ0) is 21.5. The molecule has 0 aliphatic heterocycles. The van der Waals surface area contributed by atoms with Crippen LogP contribution in [0.2, 0.25) is 0 Å². The van der Waals surface area contributed by atoms with E-state index in [1.807, 2.05) is 60.8 Å². The molecule has 3 rings (SSSR count). The van der Waals surface area contributed by atoms with Crippen LogP contribution in [-0.4, -0.2) is 47.4 Å². The Morgan fingerprint density at radius 1 is 1.07 bits per heavy atom. The molecule has 0 spiro atoms. The molecule has 0 radical (unpaired) electrons. The summed E-state index contributed by atoms with van der Waals surface area (Å²) >= 11 is 0. The standard InChI is InChI=1S/C23H25N3O4/c1-16(27)25-21(12-18-13-24-20-11-7-6-10-19(18)20)23(29)30-15-22(28)26(2)14-17-8-4-3-5-9-17/h3-11,13,21,24H,12,14-15H2,1-2H3,(H,25,27)/t21-/m0/s1. The quantitative estimate of drug-likeness (QED) is 0.561. The molecule has 0 aliphatic carbocycles. The van der Waals surface area contributed by atoms with Crippen LogP contribution in [0.5, 0.6) is 0 Å². The van der Waals surface area contributed by atoms with Crippen molar-refractivity contribution in [3.05, 3.63) is 71.9 Å². The molecule has 156 valence electrons. The third-order valence-electron chi connectivity index (χ3n) is 4.79. The van der Waals surface area contributed by atoms with E-state index in [1.54, 1.807) is 7.05 Å². The fourth-order valence-corrected chi connectivity index (χ4v) is 3.25. The molecule has 0 saturated heterocycles. The maximum atomic E-state index is 12.6. The summed E-state index contributed by atoms with van der Waals surface area (Å²) in [5, 5.41) is 3.59. The Kier molecular flexibility index (Phi) is 6.85. The number of nitrogens with zero attached hydrogens (tertiary/aromatic N) is 1. The molecule has 2 N–H and O–H groups in total. The molecule has 3 aromatic rings. The number of carbonyl (C=O) groups is 3. The van der Waals surface area contributed by atoms with Crippen molar-refractivity contribution in [2.24, 2.45) is 0 Å². The predicted molar refractivity (Wildman–Crippen MR) is 113 cm³/mol. The highest BCUT2D eigenvalue weighted by Gasteiger charge is 2.24. The van der Waals surface area contributed by atoms with Crippen molar-refractivity contribution in [2.75, 3.05) is 13.7 Å². The van der Waals surface area contributed by atoms with Gasteiger partial charge in [0, 0.05) is 44.0 Å². The Hall–Kier alpha value is -3.61.